The normalized spacial score (nSPS) is 26.7. The van der Waals surface area contributed by atoms with E-state index in [-0.39, 0.29) is 5.91 Å². The molecule has 3 N–H and O–H groups in total. The molecule has 0 bridgehead atoms. The van der Waals surface area contributed by atoms with Crippen LogP contribution in [0.1, 0.15) is 20.8 Å². The number of nitrogens with zero attached hydrogens (tertiary/aromatic N) is 2. The molecule has 5 nitrogen and oxygen atoms in total. The zero-order valence-electron chi connectivity index (χ0n) is 11.5. The van der Waals surface area contributed by atoms with Gasteiger partial charge in [-0.15, -0.1) is 0 Å². The molecule has 1 rings (SSSR count). The van der Waals surface area contributed by atoms with Crippen molar-refractivity contribution in [2.45, 2.75) is 32.4 Å². The number of rotatable bonds is 5. The van der Waals surface area contributed by atoms with Crippen molar-refractivity contribution in [3.8, 4) is 0 Å². The fraction of sp³-hybridized carbons (Fsp3) is 0.917. The summed E-state index contributed by atoms with van der Waals surface area (Å²) in [7, 11) is 1.79. The summed E-state index contributed by atoms with van der Waals surface area (Å²) in [6, 6.07) is 0.544. The molecule has 17 heavy (non-hydrogen) atoms. The summed E-state index contributed by atoms with van der Waals surface area (Å²) in [6.45, 7) is 11.1. The summed E-state index contributed by atoms with van der Waals surface area (Å²) >= 11 is 0. The van der Waals surface area contributed by atoms with E-state index in [1.165, 1.54) is 0 Å². The molecular formula is C12H26N4O. The SMILES string of the molecule is CCN1CCN(CC(C)(NC)C(N)=O)CC1C. The van der Waals surface area contributed by atoms with E-state index in [1.54, 1.807) is 7.05 Å². The Balaban J connectivity index is 2.56. The minimum Gasteiger partial charge on any atom is -0.368 e. The van der Waals surface area contributed by atoms with Gasteiger partial charge in [-0.25, -0.2) is 0 Å². The van der Waals surface area contributed by atoms with E-state index in [1.807, 2.05) is 6.92 Å². The second kappa shape index (κ2) is 5.80. The molecule has 5 heteroatoms. The quantitative estimate of drug-likeness (QED) is 0.681. The Bertz CT molecular complexity index is 271. The molecule has 2 unspecified atom stereocenters. The molecule has 0 aromatic carbocycles. The lowest BCUT2D eigenvalue weighted by Gasteiger charge is -2.42. The van der Waals surface area contributed by atoms with Crippen molar-refractivity contribution in [1.29, 1.82) is 0 Å². The van der Waals surface area contributed by atoms with Gasteiger partial charge in [-0.3, -0.25) is 14.6 Å². The van der Waals surface area contributed by atoms with Gasteiger partial charge in [0.1, 0.15) is 5.54 Å². The van der Waals surface area contributed by atoms with Gasteiger partial charge in [-0.1, -0.05) is 6.92 Å². The molecule has 0 aromatic rings. The molecule has 0 aromatic heterocycles. The van der Waals surface area contributed by atoms with Crippen LogP contribution in [-0.4, -0.2) is 67.1 Å². The number of likely N-dealkylation sites (N-methyl/N-ethyl adjacent to an activating group) is 2. The molecule has 1 fully saturated rings. The molecule has 1 aliphatic rings. The van der Waals surface area contributed by atoms with Crippen LogP contribution in [0.2, 0.25) is 0 Å². The second-order valence-electron chi connectivity index (χ2n) is 5.16. The molecule has 1 saturated heterocycles. The highest BCUT2D eigenvalue weighted by Crippen LogP contribution is 2.13. The maximum Gasteiger partial charge on any atom is 0.238 e. The number of primary amides is 1. The Hall–Kier alpha value is -0.650. The monoisotopic (exact) mass is 242 g/mol. The number of nitrogens with one attached hydrogen (secondary N) is 1. The van der Waals surface area contributed by atoms with Crippen LogP contribution < -0.4 is 11.1 Å². The lowest BCUT2D eigenvalue weighted by atomic mass is 10.00. The maximum atomic E-state index is 11.5. The Morgan fingerprint density at radius 3 is 2.59 bits per heavy atom. The van der Waals surface area contributed by atoms with Gasteiger partial charge in [-0.2, -0.15) is 0 Å². The predicted octanol–water partition coefficient (Wildman–Crippen LogP) is -0.524. The molecule has 1 aliphatic heterocycles. The van der Waals surface area contributed by atoms with E-state index in [4.69, 9.17) is 5.73 Å². The molecule has 1 amide bonds. The summed E-state index contributed by atoms with van der Waals surface area (Å²) in [4.78, 5) is 16.2. The number of nitrogens with two attached hydrogens (primary N) is 1. The van der Waals surface area contributed by atoms with Crippen molar-refractivity contribution in [1.82, 2.24) is 15.1 Å². The van der Waals surface area contributed by atoms with E-state index in [0.29, 0.717) is 12.6 Å². The minimum atomic E-state index is -0.631. The molecule has 100 valence electrons. The molecule has 1 heterocycles. The largest absolute Gasteiger partial charge is 0.368 e. The fourth-order valence-corrected chi connectivity index (χ4v) is 2.41. The summed E-state index contributed by atoms with van der Waals surface area (Å²) in [5.41, 5.74) is 4.82. The van der Waals surface area contributed by atoms with Gasteiger partial charge in [0.2, 0.25) is 5.91 Å². The van der Waals surface area contributed by atoms with Gasteiger partial charge in [0.25, 0.3) is 0 Å². The third-order valence-electron chi connectivity index (χ3n) is 3.89. The third-order valence-corrected chi connectivity index (χ3v) is 3.89. The van der Waals surface area contributed by atoms with Crippen molar-refractivity contribution < 1.29 is 4.79 Å². The van der Waals surface area contributed by atoms with Crippen LogP contribution in [0.15, 0.2) is 0 Å². The van der Waals surface area contributed by atoms with Gasteiger partial charge in [0.15, 0.2) is 0 Å². The van der Waals surface area contributed by atoms with Crippen LogP contribution in [0.4, 0.5) is 0 Å². The third kappa shape index (κ3) is 3.40. The highest BCUT2D eigenvalue weighted by atomic mass is 16.1. The smallest absolute Gasteiger partial charge is 0.238 e. The van der Waals surface area contributed by atoms with E-state index >= 15 is 0 Å². The number of carbonyl (C=O) groups excluding carboxylic acids is 1. The Kier molecular flexibility index (Phi) is 4.91. The van der Waals surface area contributed by atoms with Crippen molar-refractivity contribution >= 4 is 5.91 Å². The summed E-state index contributed by atoms with van der Waals surface area (Å²) < 4.78 is 0. The lowest BCUT2D eigenvalue weighted by Crippen LogP contribution is -2.62. The summed E-state index contributed by atoms with van der Waals surface area (Å²) in [5, 5.41) is 3.04. The van der Waals surface area contributed by atoms with E-state index < -0.39 is 5.54 Å². The minimum absolute atomic E-state index is 0.287. The number of hydrogen-bond acceptors (Lipinski definition) is 4. The Morgan fingerprint density at radius 1 is 1.53 bits per heavy atom. The average molecular weight is 242 g/mol. The first-order valence-electron chi connectivity index (χ1n) is 6.38. The van der Waals surface area contributed by atoms with Crippen molar-refractivity contribution in [3.05, 3.63) is 0 Å². The zero-order chi connectivity index (χ0) is 13.1. The summed E-state index contributed by atoms with van der Waals surface area (Å²) in [6.07, 6.45) is 0. The first-order chi connectivity index (χ1) is 7.92. The van der Waals surface area contributed by atoms with Gasteiger partial charge in [0.05, 0.1) is 0 Å². The highest BCUT2D eigenvalue weighted by Gasteiger charge is 2.33. The van der Waals surface area contributed by atoms with Crippen LogP contribution >= 0.6 is 0 Å². The van der Waals surface area contributed by atoms with Gasteiger partial charge >= 0.3 is 0 Å². The van der Waals surface area contributed by atoms with Crippen molar-refractivity contribution in [2.24, 2.45) is 5.73 Å². The van der Waals surface area contributed by atoms with E-state index in [0.717, 1.165) is 26.2 Å². The molecule has 2 atom stereocenters. The second-order valence-corrected chi connectivity index (χ2v) is 5.16. The first-order valence-corrected chi connectivity index (χ1v) is 6.38. The number of hydrogen-bond donors (Lipinski definition) is 2. The standard InChI is InChI=1S/C12H26N4O/c1-5-16-7-6-15(8-10(16)2)9-12(3,14-4)11(13)17/h10,14H,5-9H2,1-4H3,(H2,13,17). The first kappa shape index (κ1) is 14.4. The Morgan fingerprint density at radius 2 is 2.18 bits per heavy atom. The molecule has 0 spiro atoms. The maximum absolute atomic E-state index is 11.5. The zero-order valence-corrected chi connectivity index (χ0v) is 11.5. The highest BCUT2D eigenvalue weighted by molar-refractivity contribution is 5.84. The van der Waals surface area contributed by atoms with Crippen LogP contribution in [0.5, 0.6) is 0 Å². The lowest BCUT2D eigenvalue weighted by molar-refractivity contribution is -0.124. The average Bonchev–Trinajstić information content (AvgIpc) is 2.29. The van der Waals surface area contributed by atoms with Crippen LogP contribution in [0.25, 0.3) is 0 Å². The predicted molar refractivity (Wildman–Crippen MR) is 69.8 cm³/mol. The van der Waals surface area contributed by atoms with Crippen molar-refractivity contribution in [2.75, 3.05) is 39.8 Å². The van der Waals surface area contributed by atoms with Gasteiger partial charge in [0, 0.05) is 32.2 Å². The number of amides is 1. The van der Waals surface area contributed by atoms with Gasteiger partial charge < -0.3 is 11.1 Å². The fourth-order valence-electron chi connectivity index (χ4n) is 2.41. The van der Waals surface area contributed by atoms with Crippen LogP contribution in [0, 0.1) is 0 Å². The molecule has 0 aliphatic carbocycles. The molecule has 0 radical (unpaired) electrons. The topological polar surface area (TPSA) is 61.6 Å². The van der Waals surface area contributed by atoms with E-state index in [2.05, 4.69) is 29.0 Å². The number of carbonyl (C=O) groups is 1. The summed E-state index contributed by atoms with van der Waals surface area (Å²) in [5.74, 6) is -0.287. The number of piperazine rings is 1. The van der Waals surface area contributed by atoms with E-state index in [9.17, 15) is 4.79 Å². The van der Waals surface area contributed by atoms with Gasteiger partial charge in [-0.05, 0) is 27.4 Å². The van der Waals surface area contributed by atoms with Crippen LogP contribution in [0.3, 0.4) is 0 Å². The molecule has 0 saturated carbocycles. The Labute approximate surface area is 104 Å². The van der Waals surface area contributed by atoms with Crippen LogP contribution in [-0.2, 0) is 4.79 Å². The molecular weight excluding hydrogens is 216 g/mol. The van der Waals surface area contributed by atoms with Crippen molar-refractivity contribution in [3.63, 3.8) is 0 Å².